The predicted molar refractivity (Wildman–Crippen MR) is 57.3 cm³/mol. The normalized spacial score (nSPS) is 30.6. The van der Waals surface area contributed by atoms with Crippen LogP contribution in [0.4, 0.5) is 0 Å². The van der Waals surface area contributed by atoms with Crippen molar-refractivity contribution in [2.75, 3.05) is 6.61 Å². The molecule has 4 unspecified atom stereocenters. The van der Waals surface area contributed by atoms with Crippen LogP contribution < -0.4 is 0 Å². The van der Waals surface area contributed by atoms with Gasteiger partial charge in [0.1, 0.15) is 26.4 Å². The second-order valence-electron chi connectivity index (χ2n) is 5.06. The van der Waals surface area contributed by atoms with Crippen molar-refractivity contribution in [1.29, 1.82) is 0 Å². The van der Waals surface area contributed by atoms with Crippen molar-refractivity contribution in [1.82, 2.24) is 0 Å². The first-order valence-electron chi connectivity index (χ1n) is 5.07. The van der Waals surface area contributed by atoms with Crippen LogP contribution in [0.25, 0.3) is 0 Å². The molecule has 0 aromatic carbocycles. The number of rotatable bonds is 5. The molecule has 0 radical (unpaired) electrons. The second kappa shape index (κ2) is 4.08. The van der Waals surface area contributed by atoms with Crippen LogP contribution >= 0.6 is 0 Å². The van der Waals surface area contributed by atoms with E-state index in [1.165, 1.54) is 0 Å². The van der Waals surface area contributed by atoms with E-state index in [9.17, 15) is 20.1 Å². The number of hydrogen-bond acceptors (Lipinski definition) is 6. The topological polar surface area (TPSA) is 111 Å². The van der Waals surface area contributed by atoms with Gasteiger partial charge in [0.25, 0.3) is 0 Å². The van der Waals surface area contributed by atoms with Gasteiger partial charge < -0.3 is 25.2 Å². The monoisotopic (exact) mass is 250 g/mol. The molecular formula is C9H18O6Si. The molecular weight excluding hydrogens is 232 g/mol. The van der Waals surface area contributed by atoms with E-state index in [0.29, 0.717) is 0 Å². The van der Waals surface area contributed by atoms with Crippen molar-refractivity contribution in [3.8, 4) is 0 Å². The maximum atomic E-state index is 11.3. The van der Waals surface area contributed by atoms with Gasteiger partial charge in [0, 0.05) is 0 Å². The molecule has 4 atom stereocenters. The lowest BCUT2D eigenvalue weighted by Gasteiger charge is -2.30. The Labute approximate surface area is 94.5 Å². The van der Waals surface area contributed by atoms with E-state index < -0.39 is 44.2 Å². The Balaban J connectivity index is 2.88. The summed E-state index contributed by atoms with van der Waals surface area (Å²) in [5, 5.41) is 36.0. The minimum atomic E-state index is -2.20. The van der Waals surface area contributed by atoms with Gasteiger partial charge in [-0.15, -0.1) is 0 Å². The summed E-state index contributed by atoms with van der Waals surface area (Å²) in [7, 11) is -2.20. The smallest absolute Gasteiger partial charge is 0.350 e. The van der Waals surface area contributed by atoms with E-state index in [1.807, 2.05) is 19.6 Å². The molecule has 0 aromatic heterocycles. The van der Waals surface area contributed by atoms with Crippen molar-refractivity contribution in [3.05, 3.63) is 0 Å². The van der Waals surface area contributed by atoms with Crippen molar-refractivity contribution in [2.45, 2.75) is 43.2 Å². The third-order valence-corrected chi connectivity index (χ3v) is 5.78. The van der Waals surface area contributed by atoms with Gasteiger partial charge in [0.15, 0.2) is 0 Å². The molecule has 1 saturated heterocycles. The van der Waals surface area contributed by atoms with Gasteiger partial charge in [0.2, 0.25) is 5.22 Å². The average Bonchev–Trinajstić information content (AvgIpc) is 2.87. The molecule has 0 aromatic rings. The quantitative estimate of drug-likeness (QED) is 0.340. The number of ether oxygens (including phenoxy) is 1. The van der Waals surface area contributed by atoms with E-state index in [-0.39, 0.29) is 0 Å². The minimum absolute atomic E-state index is 0.552. The Morgan fingerprint density at radius 2 is 1.75 bits per heavy atom. The maximum Gasteiger partial charge on any atom is 0.350 e. The Morgan fingerprint density at radius 3 is 2.00 bits per heavy atom. The summed E-state index contributed by atoms with van der Waals surface area (Å²) in [5.74, 6) is -0.552. The SMILES string of the molecule is C[Si](C)(C)C1(C(O)C(O)C(O)CO)OC1=O. The second-order valence-corrected chi connectivity index (χ2v) is 10.3. The van der Waals surface area contributed by atoms with Gasteiger partial charge >= 0.3 is 5.97 Å². The first-order chi connectivity index (χ1) is 7.18. The van der Waals surface area contributed by atoms with Crippen molar-refractivity contribution < 1.29 is 30.0 Å². The molecule has 0 spiro atoms. The van der Waals surface area contributed by atoms with Gasteiger partial charge in [0.05, 0.1) is 6.61 Å². The zero-order valence-corrected chi connectivity index (χ0v) is 10.5. The molecule has 0 amide bonds. The van der Waals surface area contributed by atoms with E-state index in [2.05, 4.69) is 0 Å². The zero-order chi connectivity index (χ0) is 12.7. The average molecular weight is 250 g/mol. The van der Waals surface area contributed by atoms with E-state index in [4.69, 9.17) is 9.84 Å². The van der Waals surface area contributed by atoms with Crippen molar-refractivity contribution >= 4 is 14.0 Å². The Kier molecular flexibility index (Phi) is 3.47. The lowest BCUT2D eigenvalue weighted by Crippen LogP contribution is -2.58. The minimum Gasteiger partial charge on any atom is -0.446 e. The Hall–Kier alpha value is -0.473. The molecule has 1 rings (SSSR count). The molecule has 94 valence electrons. The molecule has 16 heavy (non-hydrogen) atoms. The third-order valence-electron chi connectivity index (χ3n) is 2.95. The number of epoxide rings is 1. The van der Waals surface area contributed by atoms with Gasteiger partial charge in [-0.2, -0.15) is 0 Å². The molecule has 0 saturated carbocycles. The number of cyclic esters (lactones) is 1. The van der Waals surface area contributed by atoms with Crippen LogP contribution in [0.1, 0.15) is 0 Å². The summed E-state index contributed by atoms with van der Waals surface area (Å²) >= 11 is 0. The third kappa shape index (κ3) is 1.89. The highest BCUT2D eigenvalue weighted by molar-refractivity contribution is 6.84. The molecule has 1 fully saturated rings. The van der Waals surface area contributed by atoms with Gasteiger partial charge in [-0.25, -0.2) is 4.79 Å². The molecule has 1 aliphatic heterocycles. The van der Waals surface area contributed by atoms with Crippen LogP contribution in [-0.4, -0.2) is 64.6 Å². The van der Waals surface area contributed by atoms with Crippen molar-refractivity contribution in [2.24, 2.45) is 0 Å². The van der Waals surface area contributed by atoms with Gasteiger partial charge in [-0.05, 0) is 0 Å². The molecule has 0 aliphatic carbocycles. The highest BCUT2D eigenvalue weighted by Gasteiger charge is 2.72. The van der Waals surface area contributed by atoms with Gasteiger partial charge in [-0.1, -0.05) is 19.6 Å². The molecule has 4 N–H and O–H groups in total. The lowest BCUT2D eigenvalue weighted by atomic mass is 10.1. The fraction of sp³-hybridized carbons (Fsp3) is 0.889. The summed E-state index contributed by atoms with van der Waals surface area (Å²) in [5.41, 5.74) is 0. The number of carbonyl (C=O) groups is 1. The largest absolute Gasteiger partial charge is 0.446 e. The van der Waals surface area contributed by atoms with Crippen LogP contribution in [0.5, 0.6) is 0 Å². The highest BCUT2D eigenvalue weighted by Crippen LogP contribution is 2.43. The molecule has 1 aliphatic rings. The highest BCUT2D eigenvalue weighted by atomic mass is 28.3. The van der Waals surface area contributed by atoms with Crippen LogP contribution in [0.3, 0.4) is 0 Å². The Bertz CT molecular complexity index is 288. The number of aliphatic hydroxyl groups excluding tert-OH is 4. The van der Waals surface area contributed by atoms with E-state index in [1.54, 1.807) is 0 Å². The summed E-state index contributed by atoms with van der Waals surface area (Å²) in [6, 6.07) is 0. The van der Waals surface area contributed by atoms with Crippen LogP contribution in [0.2, 0.25) is 19.6 Å². The standard InChI is InChI=1S/C9H18O6Si/c1-16(2,3)9(8(14)15-9)7(13)6(12)5(11)4-10/h5-7,10-13H,4H2,1-3H3. The summed E-state index contributed by atoms with van der Waals surface area (Å²) in [6.07, 6.45) is -4.59. The van der Waals surface area contributed by atoms with E-state index >= 15 is 0 Å². The molecule has 1 heterocycles. The summed E-state index contributed by atoms with van der Waals surface area (Å²) < 4.78 is 4.87. The zero-order valence-electron chi connectivity index (χ0n) is 9.54. The summed E-state index contributed by atoms with van der Waals surface area (Å²) in [4.78, 5) is 11.3. The van der Waals surface area contributed by atoms with Gasteiger partial charge in [-0.3, -0.25) is 0 Å². The van der Waals surface area contributed by atoms with Crippen LogP contribution in [0, 0.1) is 0 Å². The summed E-state index contributed by atoms with van der Waals surface area (Å²) in [6.45, 7) is 4.77. The molecule has 0 bridgehead atoms. The fourth-order valence-electron chi connectivity index (χ4n) is 1.76. The lowest BCUT2D eigenvalue weighted by molar-refractivity contribution is -0.118. The van der Waals surface area contributed by atoms with E-state index in [0.717, 1.165) is 0 Å². The molecule has 6 nitrogen and oxygen atoms in total. The van der Waals surface area contributed by atoms with Crippen molar-refractivity contribution in [3.63, 3.8) is 0 Å². The van der Waals surface area contributed by atoms with Crippen LogP contribution in [-0.2, 0) is 9.53 Å². The first-order valence-corrected chi connectivity index (χ1v) is 8.57. The number of carbonyl (C=O) groups excluding carboxylic acids is 1. The number of aliphatic hydroxyl groups is 4. The first kappa shape index (κ1) is 13.6. The predicted octanol–water partition coefficient (Wildman–Crippen LogP) is -1.77. The fourth-order valence-corrected chi connectivity index (χ4v) is 3.83. The van der Waals surface area contributed by atoms with Crippen LogP contribution in [0.15, 0.2) is 0 Å². The maximum absolute atomic E-state index is 11.3. The Morgan fingerprint density at radius 1 is 1.31 bits per heavy atom. The number of hydrogen-bond donors (Lipinski definition) is 4. The molecule has 7 heteroatoms.